The van der Waals surface area contributed by atoms with E-state index in [1.54, 1.807) is 25.1 Å². The fourth-order valence-corrected chi connectivity index (χ4v) is 1.87. The monoisotopic (exact) mass is 302 g/mol. The number of primary amides is 1. The SMILES string of the molecule is CC(=O)Nc1ccccc1C(=O)N[C@@H](C[C@@H](C)C#N)C(N)=O. The molecule has 1 rings (SSSR count). The number of nitrogens with zero attached hydrogens (tertiary/aromatic N) is 1. The van der Waals surface area contributed by atoms with Crippen LogP contribution in [0.15, 0.2) is 24.3 Å². The highest BCUT2D eigenvalue weighted by molar-refractivity contribution is 6.04. The average molecular weight is 302 g/mol. The Balaban J connectivity index is 2.93. The average Bonchev–Trinajstić information content (AvgIpc) is 2.46. The number of amides is 3. The molecular weight excluding hydrogens is 284 g/mol. The van der Waals surface area contributed by atoms with Crippen LogP contribution < -0.4 is 16.4 Å². The van der Waals surface area contributed by atoms with Crippen molar-refractivity contribution in [1.29, 1.82) is 5.26 Å². The van der Waals surface area contributed by atoms with Gasteiger partial charge in [0.25, 0.3) is 5.91 Å². The van der Waals surface area contributed by atoms with Gasteiger partial charge in [-0.1, -0.05) is 12.1 Å². The van der Waals surface area contributed by atoms with Gasteiger partial charge in [-0.05, 0) is 25.5 Å². The second kappa shape index (κ2) is 7.78. The van der Waals surface area contributed by atoms with Gasteiger partial charge >= 0.3 is 0 Å². The van der Waals surface area contributed by atoms with Crippen molar-refractivity contribution in [1.82, 2.24) is 5.32 Å². The van der Waals surface area contributed by atoms with Gasteiger partial charge in [-0.25, -0.2) is 0 Å². The lowest BCUT2D eigenvalue weighted by molar-refractivity contribution is -0.120. The van der Waals surface area contributed by atoms with E-state index in [9.17, 15) is 14.4 Å². The van der Waals surface area contributed by atoms with E-state index in [4.69, 9.17) is 11.0 Å². The van der Waals surface area contributed by atoms with Crippen LogP contribution >= 0.6 is 0 Å². The molecule has 7 nitrogen and oxygen atoms in total. The van der Waals surface area contributed by atoms with Crippen molar-refractivity contribution in [2.24, 2.45) is 11.7 Å². The molecule has 1 aromatic carbocycles. The lowest BCUT2D eigenvalue weighted by atomic mass is 10.0. The molecule has 2 atom stereocenters. The fourth-order valence-electron chi connectivity index (χ4n) is 1.87. The van der Waals surface area contributed by atoms with Gasteiger partial charge in [0.2, 0.25) is 11.8 Å². The maximum absolute atomic E-state index is 12.3. The lowest BCUT2D eigenvalue weighted by Crippen LogP contribution is -2.45. The quantitative estimate of drug-likeness (QED) is 0.717. The van der Waals surface area contributed by atoms with Gasteiger partial charge in [0.15, 0.2) is 0 Å². The van der Waals surface area contributed by atoms with Crippen molar-refractivity contribution in [3.8, 4) is 6.07 Å². The third kappa shape index (κ3) is 4.90. The van der Waals surface area contributed by atoms with E-state index in [0.29, 0.717) is 5.69 Å². The van der Waals surface area contributed by atoms with Crippen LogP contribution in [0.25, 0.3) is 0 Å². The number of carbonyl (C=O) groups excluding carboxylic acids is 3. The molecule has 0 aromatic heterocycles. The molecule has 0 bridgehead atoms. The Morgan fingerprint density at radius 2 is 1.95 bits per heavy atom. The molecule has 0 aliphatic rings. The first-order chi connectivity index (χ1) is 10.3. The molecule has 1 aromatic rings. The molecule has 0 heterocycles. The summed E-state index contributed by atoms with van der Waals surface area (Å²) in [6.07, 6.45) is 0.125. The number of hydrogen-bond acceptors (Lipinski definition) is 4. The van der Waals surface area contributed by atoms with Crippen molar-refractivity contribution in [2.75, 3.05) is 5.32 Å². The Hall–Kier alpha value is -2.88. The number of nitrogens with two attached hydrogens (primary N) is 1. The Labute approximate surface area is 128 Å². The number of nitriles is 1. The van der Waals surface area contributed by atoms with Gasteiger partial charge in [-0.3, -0.25) is 14.4 Å². The third-order valence-corrected chi connectivity index (χ3v) is 2.94. The van der Waals surface area contributed by atoms with Crippen LogP contribution in [0.4, 0.5) is 5.69 Å². The highest BCUT2D eigenvalue weighted by Crippen LogP contribution is 2.15. The summed E-state index contributed by atoms with van der Waals surface area (Å²) in [7, 11) is 0. The van der Waals surface area contributed by atoms with Crippen LogP contribution in [0.1, 0.15) is 30.6 Å². The first-order valence-electron chi connectivity index (χ1n) is 6.71. The zero-order valence-corrected chi connectivity index (χ0v) is 12.4. The maximum atomic E-state index is 12.3. The number of benzene rings is 1. The minimum Gasteiger partial charge on any atom is -0.368 e. The Morgan fingerprint density at radius 3 is 2.50 bits per heavy atom. The van der Waals surface area contributed by atoms with Crippen LogP contribution in [0.2, 0.25) is 0 Å². The van der Waals surface area contributed by atoms with Crippen LogP contribution in [0.5, 0.6) is 0 Å². The van der Waals surface area contributed by atoms with E-state index >= 15 is 0 Å². The number of para-hydroxylation sites is 1. The summed E-state index contributed by atoms with van der Waals surface area (Å²) >= 11 is 0. The molecule has 116 valence electrons. The summed E-state index contributed by atoms with van der Waals surface area (Å²) < 4.78 is 0. The Bertz CT molecular complexity index is 621. The molecule has 0 spiro atoms. The van der Waals surface area contributed by atoms with Crippen molar-refractivity contribution < 1.29 is 14.4 Å². The van der Waals surface area contributed by atoms with Crippen molar-refractivity contribution in [3.05, 3.63) is 29.8 Å². The number of rotatable bonds is 6. The summed E-state index contributed by atoms with van der Waals surface area (Å²) in [6, 6.07) is 7.44. The smallest absolute Gasteiger partial charge is 0.254 e. The molecule has 22 heavy (non-hydrogen) atoms. The minimum atomic E-state index is -0.951. The summed E-state index contributed by atoms with van der Waals surface area (Å²) in [5, 5.41) is 13.8. The number of nitrogens with one attached hydrogen (secondary N) is 2. The first-order valence-corrected chi connectivity index (χ1v) is 6.71. The van der Waals surface area contributed by atoms with Gasteiger partial charge in [-0.2, -0.15) is 5.26 Å². The normalized spacial score (nSPS) is 12.6. The standard InChI is InChI=1S/C15H18N4O3/c1-9(8-16)7-13(14(17)21)19-15(22)11-5-3-4-6-12(11)18-10(2)20/h3-6,9,13H,7H2,1-2H3,(H2,17,21)(H,18,20)(H,19,22)/t9-,13+/m1/s1. The predicted molar refractivity (Wildman–Crippen MR) is 80.6 cm³/mol. The lowest BCUT2D eigenvalue weighted by Gasteiger charge is -2.17. The van der Waals surface area contributed by atoms with Crippen LogP contribution in [-0.4, -0.2) is 23.8 Å². The van der Waals surface area contributed by atoms with Gasteiger partial charge < -0.3 is 16.4 Å². The highest BCUT2D eigenvalue weighted by atomic mass is 16.2. The van der Waals surface area contributed by atoms with E-state index in [1.807, 2.05) is 6.07 Å². The third-order valence-electron chi connectivity index (χ3n) is 2.94. The number of anilines is 1. The molecule has 3 amide bonds. The van der Waals surface area contributed by atoms with Crippen molar-refractivity contribution in [2.45, 2.75) is 26.3 Å². The molecule has 0 radical (unpaired) electrons. The molecule has 0 aliphatic carbocycles. The second-order valence-electron chi connectivity index (χ2n) is 4.92. The van der Waals surface area contributed by atoms with E-state index in [0.717, 1.165) is 0 Å². The van der Waals surface area contributed by atoms with Crippen LogP contribution in [0.3, 0.4) is 0 Å². The minimum absolute atomic E-state index is 0.125. The van der Waals surface area contributed by atoms with E-state index < -0.39 is 23.8 Å². The van der Waals surface area contributed by atoms with Gasteiger partial charge in [0.05, 0.1) is 17.3 Å². The van der Waals surface area contributed by atoms with Crippen molar-refractivity contribution in [3.63, 3.8) is 0 Å². The van der Waals surface area contributed by atoms with Crippen LogP contribution in [-0.2, 0) is 9.59 Å². The number of carbonyl (C=O) groups is 3. The zero-order chi connectivity index (χ0) is 16.7. The highest BCUT2D eigenvalue weighted by Gasteiger charge is 2.22. The van der Waals surface area contributed by atoms with Crippen LogP contribution in [0, 0.1) is 17.2 Å². The Morgan fingerprint density at radius 1 is 1.32 bits per heavy atom. The van der Waals surface area contributed by atoms with Crippen molar-refractivity contribution >= 4 is 23.4 Å². The van der Waals surface area contributed by atoms with Gasteiger partial charge in [0.1, 0.15) is 6.04 Å². The second-order valence-corrected chi connectivity index (χ2v) is 4.92. The van der Waals surface area contributed by atoms with E-state index in [2.05, 4.69) is 10.6 Å². The van der Waals surface area contributed by atoms with E-state index in [1.165, 1.54) is 13.0 Å². The maximum Gasteiger partial charge on any atom is 0.254 e. The molecule has 7 heteroatoms. The molecular formula is C15H18N4O3. The molecule has 0 saturated carbocycles. The molecule has 0 unspecified atom stereocenters. The summed E-state index contributed by atoms with van der Waals surface area (Å²) in [4.78, 5) is 34.8. The molecule has 4 N–H and O–H groups in total. The molecule has 0 saturated heterocycles. The summed E-state index contributed by atoms with van der Waals surface area (Å²) in [6.45, 7) is 2.96. The summed E-state index contributed by atoms with van der Waals surface area (Å²) in [5.74, 6) is -2.00. The van der Waals surface area contributed by atoms with E-state index in [-0.39, 0.29) is 17.9 Å². The summed E-state index contributed by atoms with van der Waals surface area (Å²) in [5.41, 5.74) is 5.81. The Kier molecular flexibility index (Phi) is 6.08. The fraction of sp³-hybridized carbons (Fsp3) is 0.333. The predicted octanol–water partition coefficient (Wildman–Crippen LogP) is 0.778. The van der Waals surface area contributed by atoms with Gasteiger partial charge in [0, 0.05) is 12.8 Å². The first kappa shape index (κ1) is 17.2. The molecule has 0 fully saturated rings. The number of hydrogen-bond donors (Lipinski definition) is 3. The van der Waals surface area contributed by atoms with Gasteiger partial charge in [-0.15, -0.1) is 0 Å². The topological polar surface area (TPSA) is 125 Å². The zero-order valence-electron chi connectivity index (χ0n) is 12.4. The molecule has 0 aliphatic heterocycles. The largest absolute Gasteiger partial charge is 0.368 e.